The van der Waals surface area contributed by atoms with Gasteiger partial charge in [0.1, 0.15) is 0 Å². The van der Waals surface area contributed by atoms with Gasteiger partial charge in [0.15, 0.2) is 0 Å². The predicted octanol–water partition coefficient (Wildman–Crippen LogP) is 0.948. The van der Waals surface area contributed by atoms with Gasteiger partial charge in [0.25, 0.3) is 0 Å². The highest BCUT2D eigenvalue weighted by atomic mass is 16.5. The van der Waals surface area contributed by atoms with E-state index in [2.05, 4.69) is 6.92 Å². The van der Waals surface area contributed by atoms with Crippen molar-refractivity contribution >= 4 is 0 Å². The summed E-state index contributed by atoms with van der Waals surface area (Å²) in [7, 11) is 3.33. The molecule has 0 aliphatic heterocycles. The summed E-state index contributed by atoms with van der Waals surface area (Å²) in [5.74, 6) is 0.420. The number of ether oxygens (including phenoxy) is 4. The first-order valence-electron chi connectivity index (χ1n) is 4.94. The van der Waals surface area contributed by atoms with Gasteiger partial charge < -0.3 is 18.9 Å². The van der Waals surface area contributed by atoms with Crippen LogP contribution in [0.4, 0.5) is 0 Å². The van der Waals surface area contributed by atoms with Crippen LogP contribution < -0.4 is 0 Å². The lowest BCUT2D eigenvalue weighted by atomic mass is 10.2. The van der Waals surface area contributed by atoms with Gasteiger partial charge in [-0.05, 0) is 0 Å². The second-order valence-electron chi connectivity index (χ2n) is 3.24. The summed E-state index contributed by atoms with van der Waals surface area (Å²) < 4.78 is 20.4. The van der Waals surface area contributed by atoms with Gasteiger partial charge in [-0.25, -0.2) is 0 Å². The lowest BCUT2D eigenvalue weighted by Crippen LogP contribution is -2.16. The third-order valence-corrected chi connectivity index (χ3v) is 1.67. The molecule has 0 aromatic rings. The van der Waals surface area contributed by atoms with E-state index in [1.807, 2.05) is 0 Å². The molecule has 0 bridgehead atoms. The minimum atomic E-state index is 0.420. The largest absolute Gasteiger partial charge is 0.382 e. The van der Waals surface area contributed by atoms with Gasteiger partial charge in [-0.3, -0.25) is 0 Å². The summed E-state index contributed by atoms with van der Waals surface area (Å²) in [5.41, 5.74) is 0. The number of hydrogen-bond acceptors (Lipinski definition) is 4. The highest BCUT2D eigenvalue weighted by Crippen LogP contribution is 1.96. The van der Waals surface area contributed by atoms with Crippen LogP contribution in [-0.2, 0) is 18.9 Å². The SMILES string of the molecule is COCCOCC(C)COCCOC. The zero-order chi connectivity index (χ0) is 10.6. The van der Waals surface area contributed by atoms with Crippen LogP contribution in [0.5, 0.6) is 0 Å². The molecule has 0 heterocycles. The van der Waals surface area contributed by atoms with E-state index in [1.165, 1.54) is 0 Å². The summed E-state index contributed by atoms with van der Waals surface area (Å²) in [6.45, 7) is 6.14. The third kappa shape index (κ3) is 9.92. The Labute approximate surface area is 86.5 Å². The van der Waals surface area contributed by atoms with Crippen molar-refractivity contribution in [2.45, 2.75) is 6.92 Å². The van der Waals surface area contributed by atoms with Gasteiger partial charge in [0, 0.05) is 20.1 Å². The Hall–Kier alpha value is -0.160. The van der Waals surface area contributed by atoms with Crippen LogP contribution >= 0.6 is 0 Å². The molecule has 0 aromatic heterocycles. The van der Waals surface area contributed by atoms with Gasteiger partial charge in [-0.15, -0.1) is 0 Å². The van der Waals surface area contributed by atoms with Crippen LogP contribution in [0.25, 0.3) is 0 Å². The van der Waals surface area contributed by atoms with Crippen molar-refractivity contribution < 1.29 is 18.9 Å². The molecule has 4 nitrogen and oxygen atoms in total. The first-order valence-corrected chi connectivity index (χ1v) is 4.94. The number of rotatable bonds is 10. The minimum absolute atomic E-state index is 0.420. The quantitative estimate of drug-likeness (QED) is 0.499. The predicted molar refractivity (Wildman–Crippen MR) is 54.6 cm³/mol. The molecule has 0 aliphatic rings. The van der Waals surface area contributed by atoms with E-state index >= 15 is 0 Å². The van der Waals surface area contributed by atoms with Crippen molar-refractivity contribution in [3.63, 3.8) is 0 Å². The van der Waals surface area contributed by atoms with Crippen LogP contribution in [0.1, 0.15) is 6.92 Å². The molecule has 0 spiro atoms. The molecule has 0 aromatic carbocycles. The van der Waals surface area contributed by atoms with Gasteiger partial charge in [-0.1, -0.05) is 6.92 Å². The van der Waals surface area contributed by atoms with E-state index in [9.17, 15) is 0 Å². The molecule has 0 rings (SSSR count). The molecule has 0 radical (unpaired) electrons. The summed E-state index contributed by atoms with van der Waals surface area (Å²) >= 11 is 0. The molecule has 0 atom stereocenters. The molecule has 0 N–H and O–H groups in total. The van der Waals surface area contributed by atoms with Crippen LogP contribution in [0.3, 0.4) is 0 Å². The zero-order valence-corrected chi connectivity index (χ0v) is 9.45. The topological polar surface area (TPSA) is 36.9 Å². The zero-order valence-electron chi connectivity index (χ0n) is 9.45. The standard InChI is InChI=1S/C10H22O4/c1-10(8-13-6-4-11-2)9-14-7-5-12-3/h10H,4-9H2,1-3H3. The average molecular weight is 206 g/mol. The fourth-order valence-electron chi connectivity index (χ4n) is 0.902. The summed E-state index contributed by atoms with van der Waals surface area (Å²) in [4.78, 5) is 0. The lowest BCUT2D eigenvalue weighted by Gasteiger charge is -2.12. The number of methoxy groups -OCH3 is 2. The van der Waals surface area contributed by atoms with Crippen molar-refractivity contribution in [2.24, 2.45) is 5.92 Å². The molecule has 0 saturated heterocycles. The highest BCUT2D eigenvalue weighted by Gasteiger charge is 2.01. The molecule has 86 valence electrons. The Balaban J connectivity index is 3.07. The van der Waals surface area contributed by atoms with Crippen LogP contribution in [0.2, 0.25) is 0 Å². The Morgan fingerprint density at radius 2 is 1.21 bits per heavy atom. The second kappa shape index (κ2) is 10.9. The maximum Gasteiger partial charge on any atom is 0.0700 e. The molecule has 0 aliphatic carbocycles. The van der Waals surface area contributed by atoms with Gasteiger partial charge in [0.05, 0.1) is 39.6 Å². The Kier molecular flexibility index (Phi) is 10.8. The first-order chi connectivity index (χ1) is 6.81. The van der Waals surface area contributed by atoms with Crippen LogP contribution in [-0.4, -0.2) is 53.9 Å². The average Bonchev–Trinajstić information content (AvgIpc) is 2.19. The summed E-state index contributed by atoms with van der Waals surface area (Å²) in [6, 6.07) is 0. The first kappa shape index (κ1) is 13.8. The monoisotopic (exact) mass is 206 g/mol. The maximum atomic E-state index is 5.36. The van der Waals surface area contributed by atoms with Crippen molar-refractivity contribution in [1.82, 2.24) is 0 Å². The molecular weight excluding hydrogens is 184 g/mol. The van der Waals surface area contributed by atoms with Gasteiger partial charge in [-0.2, -0.15) is 0 Å². The van der Waals surface area contributed by atoms with E-state index in [0.717, 1.165) is 13.2 Å². The summed E-state index contributed by atoms with van der Waals surface area (Å²) in [5, 5.41) is 0. The van der Waals surface area contributed by atoms with E-state index in [-0.39, 0.29) is 0 Å². The fraction of sp³-hybridized carbons (Fsp3) is 1.00. The van der Waals surface area contributed by atoms with E-state index < -0.39 is 0 Å². The smallest absolute Gasteiger partial charge is 0.0700 e. The third-order valence-electron chi connectivity index (χ3n) is 1.67. The molecule has 0 fully saturated rings. The van der Waals surface area contributed by atoms with Crippen LogP contribution in [0, 0.1) is 5.92 Å². The molecule has 14 heavy (non-hydrogen) atoms. The summed E-state index contributed by atoms with van der Waals surface area (Å²) in [6.07, 6.45) is 0. The van der Waals surface area contributed by atoms with E-state index in [1.54, 1.807) is 14.2 Å². The normalized spacial score (nSPS) is 11.1. The van der Waals surface area contributed by atoms with Crippen molar-refractivity contribution in [1.29, 1.82) is 0 Å². The van der Waals surface area contributed by atoms with Crippen molar-refractivity contribution in [3.05, 3.63) is 0 Å². The van der Waals surface area contributed by atoms with Crippen molar-refractivity contribution in [2.75, 3.05) is 53.9 Å². The van der Waals surface area contributed by atoms with E-state index in [0.29, 0.717) is 32.3 Å². The fourth-order valence-corrected chi connectivity index (χ4v) is 0.902. The molecule has 0 amide bonds. The Bertz CT molecular complexity index is 96.3. The Morgan fingerprint density at radius 1 is 0.786 bits per heavy atom. The van der Waals surface area contributed by atoms with E-state index in [4.69, 9.17) is 18.9 Å². The molecule has 0 unspecified atom stereocenters. The molecule has 0 saturated carbocycles. The molecular formula is C10H22O4. The van der Waals surface area contributed by atoms with Gasteiger partial charge >= 0.3 is 0 Å². The number of hydrogen-bond donors (Lipinski definition) is 0. The maximum absolute atomic E-state index is 5.36. The molecule has 4 heteroatoms. The van der Waals surface area contributed by atoms with Gasteiger partial charge in [0.2, 0.25) is 0 Å². The van der Waals surface area contributed by atoms with Crippen LogP contribution in [0.15, 0.2) is 0 Å². The lowest BCUT2D eigenvalue weighted by molar-refractivity contribution is 0.0123. The second-order valence-corrected chi connectivity index (χ2v) is 3.24. The Morgan fingerprint density at radius 3 is 1.57 bits per heavy atom. The highest BCUT2D eigenvalue weighted by molar-refractivity contribution is 4.48. The van der Waals surface area contributed by atoms with Crippen molar-refractivity contribution in [3.8, 4) is 0 Å². The minimum Gasteiger partial charge on any atom is -0.382 e.